The van der Waals surface area contributed by atoms with Gasteiger partial charge in [-0.25, -0.2) is 4.79 Å². The van der Waals surface area contributed by atoms with Crippen LogP contribution in [-0.2, 0) is 4.79 Å². The van der Waals surface area contributed by atoms with Crippen LogP contribution in [-0.4, -0.2) is 24.2 Å². The minimum atomic E-state index is -0.941. The zero-order valence-electron chi connectivity index (χ0n) is 9.36. The van der Waals surface area contributed by atoms with E-state index in [9.17, 15) is 4.79 Å². The van der Waals surface area contributed by atoms with Gasteiger partial charge in [-0.3, -0.25) is 0 Å². The zero-order chi connectivity index (χ0) is 12.1. The molecule has 0 aromatic heterocycles. The van der Waals surface area contributed by atoms with E-state index in [4.69, 9.17) is 9.84 Å². The molecule has 1 atom stereocenters. The van der Waals surface area contributed by atoms with E-state index < -0.39 is 12.0 Å². The number of carboxylic acids is 1. The quantitative estimate of drug-likeness (QED) is 0.748. The maximum Gasteiger partial charge on any atom is 0.330 e. The maximum absolute atomic E-state index is 10.9. The highest BCUT2D eigenvalue weighted by Gasteiger charge is 2.17. The van der Waals surface area contributed by atoms with Crippen LogP contribution in [0.2, 0.25) is 0 Å². The van der Waals surface area contributed by atoms with E-state index in [1.807, 2.05) is 0 Å². The summed E-state index contributed by atoms with van der Waals surface area (Å²) >= 11 is 0. The third-order valence-corrected chi connectivity index (χ3v) is 2.14. The number of rotatable bonds is 5. The topological polar surface area (TPSA) is 58.6 Å². The summed E-state index contributed by atoms with van der Waals surface area (Å²) < 4.78 is 5.01. The molecule has 86 valence electrons. The second kappa shape index (κ2) is 5.21. The van der Waals surface area contributed by atoms with Crippen molar-refractivity contribution in [2.45, 2.75) is 13.0 Å². The van der Waals surface area contributed by atoms with E-state index >= 15 is 0 Å². The number of nitrogens with one attached hydrogen (secondary N) is 1. The lowest BCUT2D eigenvalue weighted by Gasteiger charge is -2.15. The van der Waals surface area contributed by atoms with E-state index in [1.165, 1.54) is 0 Å². The van der Waals surface area contributed by atoms with Crippen LogP contribution in [0.15, 0.2) is 36.4 Å². The molecule has 2 N–H and O–H groups in total. The average molecular weight is 221 g/mol. The molecule has 0 heterocycles. The average Bonchev–Trinajstić information content (AvgIpc) is 2.25. The molecule has 1 aromatic carbocycles. The Morgan fingerprint density at radius 3 is 2.38 bits per heavy atom. The first-order chi connectivity index (χ1) is 7.54. The molecule has 0 spiro atoms. The molecule has 0 fully saturated rings. The van der Waals surface area contributed by atoms with Crippen LogP contribution in [0.3, 0.4) is 0 Å². The number of methoxy groups -OCH3 is 1. The Bertz CT molecular complexity index is 370. The van der Waals surface area contributed by atoms with Gasteiger partial charge in [-0.15, -0.1) is 0 Å². The van der Waals surface area contributed by atoms with Gasteiger partial charge in [-0.05, 0) is 36.8 Å². The Balaban J connectivity index is 2.77. The summed E-state index contributed by atoms with van der Waals surface area (Å²) in [7, 11) is 1.58. The molecule has 1 unspecified atom stereocenters. The summed E-state index contributed by atoms with van der Waals surface area (Å²) in [5.41, 5.74) is 1.28. The first-order valence-corrected chi connectivity index (χ1v) is 4.83. The first kappa shape index (κ1) is 12.1. The molecule has 4 nitrogen and oxygen atoms in total. The SMILES string of the molecule is C=C(C)C(Nc1ccc(OC)cc1)C(=O)O. The number of aliphatic carboxylic acids is 1. The first-order valence-electron chi connectivity index (χ1n) is 4.83. The number of ether oxygens (including phenoxy) is 1. The van der Waals surface area contributed by atoms with Crippen LogP contribution >= 0.6 is 0 Å². The molecular weight excluding hydrogens is 206 g/mol. The summed E-state index contributed by atoms with van der Waals surface area (Å²) in [6.07, 6.45) is 0. The van der Waals surface area contributed by atoms with Gasteiger partial charge in [0.2, 0.25) is 0 Å². The molecule has 0 saturated carbocycles. The van der Waals surface area contributed by atoms with Crippen LogP contribution in [0, 0.1) is 0 Å². The van der Waals surface area contributed by atoms with Crippen LogP contribution in [0.4, 0.5) is 5.69 Å². The molecule has 0 aliphatic rings. The van der Waals surface area contributed by atoms with Crippen LogP contribution in [0.25, 0.3) is 0 Å². The van der Waals surface area contributed by atoms with Crippen molar-refractivity contribution >= 4 is 11.7 Å². The fourth-order valence-electron chi connectivity index (χ4n) is 1.25. The minimum Gasteiger partial charge on any atom is -0.497 e. The van der Waals surface area contributed by atoms with Gasteiger partial charge in [0.05, 0.1) is 7.11 Å². The number of hydrogen-bond donors (Lipinski definition) is 2. The molecular formula is C12H15NO3. The van der Waals surface area contributed by atoms with E-state index in [1.54, 1.807) is 38.3 Å². The van der Waals surface area contributed by atoms with Crippen LogP contribution in [0.1, 0.15) is 6.92 Å². The van der Waals surface area contributed by atoms with Crippen molar-refractivity contribution in [3.63, 3.8) is 0 Å². The highest BCUT2D eigenvalue weighted by Crippen LogP contribution is 2.17. The van der Waals surface area contributed by atoms with Gasteiger partial charge in [-0.2, -0.15) is 0 Å². The fraction of sp³-hybridized carbons (Fsp3) is 0.250. The predicted octanol–water partition coefficient (Wildman–Crippen LogP) is 2.14. The molecule has 4 heteroatoms. The summed E-state index contributed by atoms with van der Waals surface area (Å²) in [5, 5.41) is 11.8. The van der Waals surface area contributed by atoms with Crippen LogP contribution in [0.5, 0.6) is 5.75 Å². The molecule has 0 bridgehead atoms. The Labute approximate surface area is 94.6 Å². The summed E-state index contributed by atoms with van der Waals surface area (Å²) in [5.74, 6) is -0.212. The van der Waals surface area contributed by atoms with Gasteiger partial charge in [0.1, 0.15) is 11.8 Å². The van der Waals surface area contributed by atoms with Gasteiger partial charge in [0.25, 0.3) is 0 Å². The largest absolute Gasteiger partial charge is 0.497 e. The van der Waals surface area contributed by atoms with Crippen molar-refractivity contribution < 1.29 is 14.6 Å². The van der Waals surface area contributed by atoms with E-state index in [0.717, 1.165) is 11.4 Å². The second-order valence-electron chi connectivity index (χ2n) is 3.49. The smallest absolute Gasteiger partial charge is 0.330 e. The predicted molar refractivity (Wildman–Crippen MR) is 62.9 cm³/mol. The van der Waals surface area contributed by atoms with E-state index in [2.05, 4.69) is 11.9 Å². The Morgan fingerprint density at radius 1 is 1.44 bits per heavy atom. The maximum atomic E-state index is 10.9. The minimum absolute atomic E-state index is 0.559. The molecule has 1 rings (SSSR count). The third-order valence-electron chi connectivity index (χ3n) is 2.14. The fourth-order valence-corrected chi connectivity index (χ4v) is 1.25. The van der Waals surface area contributed by atoms with Crippen molar-refractivity contribution in [2.75, 3.05) is 12.4 Å². The number of hydrogen-bond acceptors (Lipinski definition) is 3. The molecule has 0 aliphatic heterocycles. The Kier molecular flexibility index (Phi) is 3.94. The lowest BCUT2D eigenvalue weighted by molar-refractivity contribution is -0.137. The Hall–Kier alpha value is -1.97. The summed E-state index contributed by atoms with van der Waals surface area (Å²) in [6, 6.07) is 6.28. The molecule has 0 aliphatic carbocycles. The molecule has 1 aromatic rings. The van der Waals surface area contributed by atoms with Crippen LogP contribution < -0.4 is 10.1 Å². The van der Waals surface area contributed by atoms with Gasteiger partial charge < -0.3 is 15.2 Å². The highest BCUT2D eigenvalue weighted by molar-refractivity contribution is 5.81. The number of anilines is 1. The monoisotopic (exact) mass is 221 g/mol. The zero-order valence-corrected chi connectivity index (χ0v) is 9.36. The molecule has 0 radical (unpaired) electrons. The van der Waals surface area contributed by atoms with Gasteiger partial charge in [0.15, 0.2) is 0 Å². The summed E-state index contributed by atoms with van der Waals surface area (Å²) in [6.45, 7) is 5.31. The van der Waals surface area contributed by atoms with Gasteiger partial charge >= 0.3 is 5.97 Å². The van der Waals surface area contributed by atoms with E-state index in [-0.39, 0.29) is 0 Å². The van der Waals surface area contributed by atoms with Crippen molar-refractivity contribution in [2.24, 2.45) is 0 Å². The number of carboxylic acid groups (broad SMARTS) is 1. The van der Waals surface area contributed by atoms with E-state index in [0.29, 0.717) is 5.57 Å². The van der Waals surface area contributed by atoms with Crippen molar-refractivity contribution in [1.29, 1.82) is 0 Å². The van der Waals surface area contributed by atoms with Gasteiger partial charge in [-0.1, -0.05) is 6.58 Å². The van der Waals surface area contributed by atoms with Crippen molar-refractivity contribution in [1.82, 2.24) is 0 Å². The summed E-state index contributed by atoms with van der Waals surface area (Å²) in [4.78, 5) is 10.9. The molecule has 0 amide bonds. The van der Waals surface area contributed by atoms with Gasteiger partial charge in [0, 0.05) is 5.69 Å². The Morgan fingerprint density at radius 2 is 2.00 bits per heavy atom. The normalized spacial score (nSPS) is 11.6. The molecule has 0 saturated heterocycles. The standard InChI is InChI=1S/C12H15NO3/c1-8(2)11(12(14)15)13-9-4-6-10(16-3)7-5-9/h4-7,11,13H,1H2,2-3H3,(H,14,15). The van der Waals surface area contributed by atoms with Crippen molar-refractivity contribution in [3.05, 3.63) is 36.4 Å². The number of benzene rings is 1. The van der Waals surface area contributed by atoms with Crippen molar-refractivity contribution in [3.8, 4) is 5.75 Å². The molecule has 16 heavy (non-hydrogen) atoms. The lowest BCUT2D eigenvalue weighted by Crippen LogP contribution is -2.29. The second-order valence-corrected chi connectivity index (χ2v) is 3.49. The lowest BCUT2D eigenvalue weighted by atomic mass is 10.1. The third kappa shape index (κ3) is 3.02. The highest BCUT2D eigenvalue weighted by atomic mass is 16.5. The number of carbonyl (C=O) groups is 1.